The number of carbonyl (C=O) groups is 2. The molecule has 0 aliphatic carbocycles. The van der Waals surface area contributed by atoms with E-state index in [-0.39, 0.29) is 19.1 Å². The zero-order valence-electron chi connectivity index (χ0n) is 13.1. The third-order valence-corrected chi connectivity index (χ3v) is 3.29. The van der Waals surface area contributed by atoms with Crippen LogP contribution in [-0.2, 0) is 9.59 Å². The standard InChI is InChI=1S/C16H24N2O3/c1-11(2)12-6-5-7-13(8-12)21-9-14(19)18-10-16(3,4)15(17)20/h5-8,11H,9-10H2,1-4H3,(H2,17,20)(H,18,19). The van der Waals surface area contributed by atoms with E-state index in [1.807, 2.05) is 24.3 Å². The Morgan fingerprint density at radius 3 is 2.57 bits per heavy atom. The molecule has 21 heavy (non-hydrogen) atoms. The van der Waals surface area contributed by atoms with Crippen LogP contribution in [0, 0.1) is 5.41 Å². The highest BCUT2D eigenvalue weighted by Gasteiger charge is 2.25. The van der Waals surface area contributed by atoms with Crippen molar-refractivity contribution in [3.05, 3.63) is 29.8 Å². The number of nitrogens with two attached hydrogens (primary N) is 1. The first-order valence-corrected chi connectivity index (χ1v) is 7.02. The largest absolute Gasteiger partial charge is 0.484 e. The van der Waals surface area contributed by atoms with Gasteiger partial charge in [-0.3, -0.25) is 9.59 Å². The molecular formula is C16H24N2O3. The van der Waals surface area contributed by atoms with Gasteiger partial charge in [0.2, 0.25) is 5.91 Å². The predicted octanol–water partition coefficient (Wildman–Crippen LogP) is 1.82. The summed E-state index contributed by atoms with van der Waals surface area (Å²) in [5.41, 5.74) is 5.63. The molecular weight excluding hydrogens is 268 g/mol. The van der Waals surface area contributed by atoms with Crippen LogP contribution in [-0.4, -0.2) is 25.0 Å². The van der Waals surface area contributed by atoms with Crippen LogP contribution in [0.15, 0.2) is 24.3 Å². The summed E-state index contributed by atoms with van der Waals surface area (Å²) in [6.07, 6.45) is 0. The van der Waals surface area contributed by atoms with Crippen molar-refractivity contribution >= 4 is 11.8 Å². The number of primary amides is 1. The third-order valence-electron chi connectivity index (χ3n) is 3.29. The number of hydrogen-bond donors (Lipinski definition) is 2. The Bertz CT molecular complexity index is 510. The van der Waals surface area contributed by atoms with Gasteiger partial charge in [0.05, 0.1) is 5.41 Å². The monoisotopic (exact) mass is 292 g/mol. The Labute approximate surface area is 125 Å². The van der Waals surface area contributed by atoms with E-state index in [1.54, 1.807) is 13.8 Å². The Morgan fingerprint density at radius 2 is 2.00 bits per heavy atom. The van der Waals surface area contributed by atoms with Crippen LogP contribution in [0.25, 0.3) is 0 Å². The first-order valence-electron chi connectivity index (χ1n) is 7.02. The molecule has 0 saturated carbocycles. The van der Waals surface area contributed by atoms with Gasteiger partial charge in [0, 0.05) is 6.54 Å². The summed E-state index contributed by atoms with van der Waals surface area (Å²) >= 11 is 0. The zero-order chi connectivity index (χ0) is 16.0. The highest BCUT2D eigenvalue weighted by Crippen LogP contribution is 2.20. The molecule has 0 aliphatic rings. The number of hydrogen-bond acceptors (Lipinski definition) is 3. The molecule has 0 bridgehead atoms. The average Bonchev–Trinajstić information content (AvgIpc) is 2.43. The van der Waals surface area contributed by atoms with Crippen molar-refractivity contribution < 1.29 is 14.3 Å². The molecule has 0 saturated heterocycles. The van der Waals surface area contributed by atoms with Crippen LogP contribution >= 0.6 is 0 Å². The molecule has 5 heteroatoms. The fraction of sp³-hybridized carbons (Fsp3) is 0.500. The number of nitrogens with one attached hydrogen (secondary N) is 1. The summed E-state index contributed by atoms with van der Waals surface area (Å²) in [6.45, 7) is 7.66. The number of carbonyl (C=O) groups excluding carboxylic acids is 2. The SMILES string of the molecule is CC(C)c1cccc(OCC(=O)NCC(C)(C)C(N)=O)c1. The highest BCUT2D eigenvalue weighted by atomic mass is 16.5. The zero-order valence-corrected chi connectivity index (χ0v) is 13.1. The molecule has 0 atom stereocenters. The minimum atomic E-state index is -0.771. The molecule has 0 fully saturated rings. The van der Waals surface area contributed by atoms with E-state index in [4.69, 9.17) is 10.5 Å². The average molecular weight is 292 g/mol. The van der Waals surface area contributed by atoms with Gasteiger partial charge in [0.15, 0.2) is 6.61 Å². The van der Waals surface area contributed by atoms with E-state index in [0.717, 1.165) is 5.56 Å². The Morgan fingerprint density at radius 1 is 1.33 bits per heavy atom. The molecule has 5 nitrogen and oxygen atoms in total. The minimum absolute atomic E-state index is 0.0869. The van der Waals surface area contributed by atoms with Crippen molar-refractivity contribution in [2.24, 2.45) is 11.1 Å². The number of ether oxygens (including phenoxy) is 1. The lowest BCUT2D eigenvalue weighted by atomic mass is 9.93. The van der Waals surface area contributed by atoms with Gasteiger partial charge in [-0.15, -0.1) is 0 Å². The predicted molar refractivity (Wildman–Crippen MR) is 82.0 cm³/mol. The van der Waals surface area contributed by atoms with Crippen molar-refractivity contribution in [1.29, 1.82) is 0 Å². The smallest absolute Gasteiger partial charge is 0.257 e. The number of rotatable bonds is 7. The lowest BCUT2D eigenvalue weighted by molar-refractivity contribution is -0.127. The fourth-order valence-corrected chi connectivity index (χ4v) is 1.57. The molecule has 1 aromatic carbocycles. The van der Waals surface area contributed by atoms with Crippen LogP contribution in [0.3, 0.4) is 0 Å². The summed E-state index contributed by atoms with van der Waals surface area (Å²) in [5, 5.41) is 2.65. The quantitative estimate of drug-likeness (QED) is 0.804. The lowest BCUT2D eigenvalue weighted by Crippen LogP contribution is -2.43. The van der Waals surface area contributed by atoms with E-state index in [0.29, 0.717) is 11.7 Å². The molecule has 1 aromatic rings. The van der Waals surface area contributed by atoms with Crippen LogP contribution in [0.4, 0.5) is 0 Å². The molecule has 2 amide bonds. The minimum Gasteiger partial charge on any atom is -0.484 e. The van der Waals surface area contributed by atoms with Gasteiger partial charge in [-0.25, -0.2) is 0 Å². The first kappa shape index (κ1) is 17.0. The number of amides is 2. The summed E-state index contributed by atoms with van der Waals surface area (Å²) in [7, 11) is 0. The molecule has 0 aliphatic heterocycles. The lowest BCUT2D eigenvalue weighted by Gasteiger charge is -2.20. The molecule has 0 heterocycles. The van der Waals surface area contributed by atoms with Crippen LogP contribution in [0.1, 0.15) is 39.2 Å². The fourth-order valence-electron chi connectivity index (χ4n) is 1.57. The van der Waals surface area contributed by atoms with E-state index in [9.17, 15) is 9.59 Å². The molecule has 3 N–H and O–H groups in total. The second-order valence-corrected chi connectivity index (χ2v) is 6.04. The van der Waals surface area contributed by atoms with Gasteiger partial charge in [-0.2, -0.15) is 0 Å². The molecule has 116 valence electrons. The number of benzene rings is 1. The van der Waals surface area contributed by atoms with Crippen molar-refractivity contribution in [3.63, 3.8) is 0 Å². The molecule has 0 aromatic heterocycles. The molecule has 0 radical (unpaired) electrons. The van der Waals surface area contributed by atoms with Gasteiger partial charge in [0.25, 0.3) is 5.91 Å². The van der Waals surface area contributed by atoms with E-state index < -0.39 is 11.3 Å². The normalized spacial score (nSPS) is 11.3. The third kappa shape index (κ3) is 5.45. The molecule has 0 spiro atoms. The summed E-state index contributed by atoms with van der Waals surface area (Å²) in [6, 6.07) is 7.66. The second kappa shape index (κ2) is 7.11. The van der Waals surface area contributed by atoms with Crippen molar-refractivity contribution in [3.8, 4) is 5.75 Å². The van der Waals surface area contributed by atoms with Gasteiger partial charge < -0.3 is 15.8 Å². The van der Waals surface area contributed by atoms with E-state index in [1.165, 1.54) is 0 Å². The summed E-state index contributed by atoms with van der Waals surface area (Å²) in [4.78, 5) is 22.9. The first-order chi connectivity index (χ1) is 9.72. The Hall–Kier alpha value is -2.04. The summed E-state index contributed by atoms with van der Waals surface area (Å²) < 4.78 is 5.46. The van der Waals surface area contributed by atoms with Crippen molar-refractivity contribution in [2.45, 2.75) is 33.6 Å². The van der Waals surface area contributed by atoms with Crippen LogP contribution in [0.2, 0.25) is 0 Å². The van der Waals surface area contributed by atoms with Crippen molar-refractivity contribution in [2.75, 3.05) is 13.2 Å². The van der Waals surface area contributed by atoms with Gasteiger partial charge in [-0.1, -0.05) is 26.0 Å². The second-order valence-electron chi connectivity index (χ2n) is 6.04. The van der Waals surface area contributed by atoms with Gasteiger partial charge in [-0.05, 0) is 37.5 Å². The maximum absolute atomic E-state index is 11.7. The Balaban J connectivity index is 2.47. The van der Waals surface area contributed by atoms with Gasteiger partial charge in [0.1, 0.15) is 5.75 Å². The van der Waals surface area contributed by atoms with E-state index >= 15 is 0 Å². The maximum Gasteiger partial charge on any atom is 0.257 e. The van der Waals surface area contributed by atoms with Crippen LogP contribution < -0.4 is 15.8 Å². The topological polar surface area (TPSA) is 81.4 Å². The molecule has 0 unspecified atom stereocenters. The maximum atomic E-state index is 11.7. The van der Waals surface area contributed by atoms with Crippen LogP contribution in [0.5, 0.6) is 5.75 Å². The highest BCUT2D eigenvalue weighted by molar-refractivity contribution is 5.82. The summed E-state index contributed by atoms with van der Waals surface area (Å²) in [5.74, 6) is 0.330. The van der Waals surface area contributed by atoms with E-state index in [2.05, 4.69) is 19.2 Å². The van der Waals surface area contributed by atoms with Crippen molar-refractivity contribution in [1.82, 2.24) is 5.32 Å². The molecule has 1 rings (SSSR count). The van der Waals surface area contributed by atoms with Gasteiger partial charge >= 0.3 is 0 Å². The Kier molecular flexibility index (Phi) is 5.76.